The lowest BCUT2D eigenvalue weighted by Crippen LogP contribution is -2.49. The van der Waals surface area contributed by atoms with Crippen molar-refractivity contribution in [3.8, 4) is 0 Å². The number of carbonyl (C=O) groups is 1. The number of imidazole rings is 1. The lowest BCUT2D eigenvalue weighted by Gasteiger charge is -2.38. The van der Waals surface area contributed by atoms with Crippen molar-refractivity contribution in [3.05, 3.63) is 58.0 Å². The first-order valence-electron chi connectivity index (χ1n) is 14.5. The van der Waals surface area contributed by atoms with Crippen molar-refractivity contribution in [2.24, 2.45) is 7.05 Å². The number of benzene rings is 2. The third kappa shape index (κ3) is 4.45. The molecule has 0 radical (unpaired) electrons. The molecule has 4 aromatic rings. The average molecular weight is 547 g/mol. The predicted octanol–water partition coefficient (Wildman–Crippen LogP) is 3.83. The van der Waals surface area contributed by atoms with E-state index in [0.29, 0.717) is 48.6 Å². The van der Waals surface area contributed by atoms with Gasteiger partial charge in [-0.25, -0.2) is 4.39 Å². The first kappa shape index (κ1) is 26.8. The van der Waals surface area contributed by atoms with Gasteiger partial charge in [0.25, 0.3) is 5.91 Å². The van der Waals surface area contributed by atoms with Crippen molar-refractivity contribution < 1.29 is 9.18 Å². The normalized spacial score (nSPS) is 19.1. The molecule has 212 valence electrons. The SMILES string of the molecule is CC(C)N1CCN(c2cc3c(cc2F)c(=O)c(C(=O)NCCC2CCCN2C)c2n(C)c4ccccc4n32)CC1. The van der Waals surface area contributed by atoms with E-state index in [1.54, 1.807) is 6.07 Å². The first-order chi connectivity index (χ1) is 19.3. The Kier molecular flexibility index (Phi) is 7.04. The summed E-state index contributed by atoms with van der Waals surface area (Å²) in [5.74, 6) is -0.844. The van der Waals surface area contributed by atoms with Gasteiger partial charge in [0.15, 0.2) is 0 Å². The molecule has 8 nitrogen and oxygen atoms in total. The fourth-order valence-electron chi connectivity index (χ4n) is 6.70. The largest absolute Gasteiger partial charge is 0.367 e. The number of para-hydroxylation sites is 2. The van der Waals surface area contributed by atoms with Crippen LogP contribution >= 0.6 is 0 Å². The molecule has 2 aliphatic heterocycles. The number of fused-ring (bicyclic) bond motifs is 5. The molecule has 0 saturated carbocycles. The molecule has 40 heavy (non-hydrogen) atoms. The number of carbonyl (C=O) groups excluding carboxylic acids is 1. The van der Waals surface area contributed by atoms with Gasteiger partial charge in [-0.2, -0.15) is 0 Å². The summed E-state index contributed by atoms with van der Waals surface area (Å²) in [6.07, 6.45) is 3.11. The van der Waals surface area contributed by atoms with Gasteiger partial charge in [0.05, 0.1) is 27.6 Å². The van der Waals surface area contributed by atoms with Crippen molar-refractivity contribution in [2.75, 3.05) is 51.2 Å². The Morgan fingerprint density at radius 1 is 1.02 bits per heavy atom. The lowest BCUT2D eigenvalue weighted by molar-refractivity contribution is 0.0950. The van der Waals surface area contributed by atoms with Crippen LogP contribution in [0.15, 0.2) is 41.2 Å². The fourth-order valence-corrected chi connectivity index (χ4v) is 6.70. The van der Waals surface area contributed by atoms with Gasteiger partial charge >= 0.3 is 0 Å². The zero-order valence-corrected chi connectivity index (χ0v) is 23.9. The van der Waals surface area contributed by atoms with Gasteiger partial charge in [0.1, 0.15) is 17.0 Å². The van der Waals surface area contributed by atoms with E-state index < -0.39 is 17.2 Å². The Hall–Kier alpha value is -3.43. The van der Waals surface area contributed by atoms with Crippen LogP contribution in [0, 0.1) is 5.82 Å². The molecular formula is C31H39FN6O2. The summed E-state index contributed by atoms with van der Waals surface area (Å²) in [7, 11) is 3.99. The van der Waals surface area contributed by atoms with Gasteiger partial charge < -0.3 is 19.7 Å². The molecule has 2 aromatic carbocycles. The monoisotopic (exact) mass is 546 g/mol. The third-order valence-electron chi connectivity index (χ3n) is 9.06. The maximum absolute atomic E-state index is 15.7. The van der Waals surface area contributed by atoms with Crippen LogP contribution in [0.4, 0.5) is 10.1 Å². The highest BCUT2D eigenvalue weighted by Gasteiger charge is 2.27. The Bertz CT molecular complexity index is 1650. The van der Waals surface area contributed by atoms with Crippen molar-refractivity contribution in [1.82, 2.24) is 24.1 Å². The van der Waals surface area contributed by atoms with Crippen LogP contribution in [0.2, 0.25) is 0 Å². The molecular weight excluding hydrogens is 507 g/mol. The zero-order chi connectivity index (χ0) is 28.1. The van der Waals surface area contributed by atoms with Gasteiger partial charge in [0, 0.05) is 51.9 Å². The second-order valence-corrected chi connectivity index (χ2v) is 11.7. The van der Waals surface area contributed by atoms with Gasteiger partial charge in [-0.3, -0.25) is 18.9 Å². The lowest BCUT2D eigenvalue weighted by atomic mass is 10.1. The Balaban J connectivity index is 1.46. The Labute approximate surface area is 233 Å². The van der Waals surface area contributed by atoms with E-state index in [1.165, 1.54) is 12.5 Å². The molecule has 2 fully saturated rings. The molecule has 0 aliphatic carbocycles. The van der Waals surface area contributed by atoms with Crippen LogP contribution in [0.1, 0.15) is 43.5 Å². The number of aromatic nitrogens is 2. The molecule has 1 unspecified atom stereocenters. The number of nitrogens with zero attached hydrogens (tertiary/aromatic N) is 5. The number of rotatable bonds is 6. The highest BCUT2D eigenvalue weighted by molar-refractivity contribution is 6.06. The highest BCUT2D eigenvalue weighted by Crippen LogP contribution is 2.31. The summed E-state index contributed by atoms with van der Waals surface area (Å²) in [5.41, 5.74) is 3.02. The number of aryl methyl sites for hydroxylation is 1. The van der Waals surface area contributed by atoms with Crippen LogP contribution in [0.5, 0.6) is 0 Å². The first-order valence-corrected chi connectivity index (χ1v) is 14.5. The summed E-state index contributed by atoms with van der Waals surface area (Å²) in [4.78, 5) is 34.4. The molecule has 9 heteroatoms. The minimum Gasteiger partial charge on any atom is -0.367 e. The molecule has 2 aliphatic rings. The van der Waals surface area contributed by atoms with E-state index in [-0.39, 0.29) is 10.9 Å². The Morgan fingerprint density at radius 3 is 2.42 bits per heavy atom. The summed E-state index contributed by atoms with van der Waals surface area (Å²) < 4.78 is 19.6. The molecule has 0 spiro atoms. The van der Waals surface area contributed by atoms with Gasteiger partial charge in [0.2, 0.25) is 5.43 Å². The number of hydrogen-bond donors (Lipinski definition) is 1. The van der Waals surface area contributed by atoms with Gasteiger partial charge in [-0.1, -0.05) is 12.1 Å². The number of piperazine rings is 1. The van der Waals surface area contributed by atoms with E-state index in [9.17, 15) is 9.59 Å². The minimum atomic E-state index is -0.438. The summed E-state index contributed by atoms with van der Waals surface area (Å²) in [6, 6.07) is 11.9. The smallest absolute Gasteiger partial charge is 0.259 e. The maximum atomic E-state index is 15.7. The molecule has 4 heterocycles. The minimum absolute atomic E-state index is 0.0590. The number of anilines is 1. The van der Waals surface area contributed by atoms with Crippen LogP contribution in [0.3, 0.4) is 0 Å². The summed E-state index contributed by atoms with van der Waals surface area (Å²) in [5, 5.41) is 3.23. The third-order valence-corrected chi connectivity index (χ3v) is 9.06. The van der Waals surface area contributed by atoms with E-state index in [2.05, 4.69) is 40.9 Å². The number of pyridine rings is 1. The Morgan fingerprint density at radius 2 is 1.75 bits per heavy atom. The van der Waals surface area contributed by atoms with Crippen molar-refractivity contribution in [2.45, 2.75) is 45.2 Å². The second kappa shape index (κ2) is 10.5. The zero-order valence-electron chi connectivity index (χ0n) is 23.9. The molecule has 2 saturated heterocycles. The number of hydrogen-bond acceptors (Lipinski definition) is 5. The molecule has 1 N–H and O–H groups in total. The molecule has 2 aromatic heterocycles. The number of amides is 1. The van der Waals surface area contributed by atoms with Crippen molar-refractivity contribution in [3.63, 3.8) is 0 Å². The fraction of sp³-hybridized carbons (Fsp3) is 0.484. The van der Waals surface area contributed by atoms with E-state index in [1.807, 2.05) is 40.3 Å². The summed E-state index contributed by atoms with van der Waals surface area (Å²) >= 11 is 0. The molecule has 6 rings (SSSR count). The van der Waals surface area contributed by atoms with E-state index in [4.69, 9.17) is 0 Å². The quantitative estimate of drug-likeness (QED) is 0.398. The molecule has 1 amide bonds. The van der Waals surface area contributed by atoms with Crippen LogP contribution in [-0.2, 0) is 7.05 Å². The average Bonchev–Trinajstić information content (AvgIpc) is 3.49. The number of halogens is 1. The number of nitrogens with one attached hydrogen (secondary N) is 1. The van der Waals surface area contributed by atoms with Gasteiger partial charge in [-0.05, 0) is 71.0 Å². The topological polar surface area (TPSA) is 65.2 Å². The van der Waals surface area contributed by atoms with Crippen LogP contribution < -0.4 is 15.6 Å². The predicted molar refractivity (Wildman–Crippen MR) is 159 cm³/mol. The van der Waals surface area contributed by atoms with Crippen LogP contribution in [0.25, 0.3) is 27.6 Å². The van der Waals surface area contributed by atoms with E-state index >= 15 is 4.39 Å². The summed E-state index contributed by atoms with van der Waals surface area (Å²) in [6.45, 7) is 9.05. The highest BCUT2D eigenvalue weighted by atomic mass is 19.1. The van der Waals surface area contributed by atoms with E-state index in [0.717, 1.165) is 43.5 Å². The van der Waals surface area contributed by atoms with Gasteiger partial charge in [-0.15, -0.1) is 0 Å². The van der Waals surface area contributed by atoms with Crippen molar-refractivity contribution >= 4 is 39.2 Å². The standard InChI is InChI=1S/C31H39FN6O2/c1-20(2)36-14-16-37(17-15-36)27-19-26-22(18-23(27)32)29(39)28(30(40)33-12-11-21-8-7-13-34(21)3)31-35(4)24-9-5-6-10-25(24)38(26)31/h5-6,9-10,18-21H,7-8,11-17H2,1-4H3,(H,33,40). The van der Waals surface area contributed by atoms with Crippen molar-refractivity contribution in [1.29, 1.82) is 0 Å². The molecule has 1 atom stereocenters. The number of likely N-dealkylation sites (tertiary alicyclic amines) is 1. The maximum Gasteiger partial charge on any atom is 0.259 e. The van der Waals surface area contributed by atoms with Crippen LogP contribution in [-0.4, -0.2) is 83.1 Å². The molecule has 0 bridgehead atoms. The second-order valence-electron chi connectivity index (χ2n) is 11.7.